The zero-order chi connectivity index (χ0) is 18.4. The van der Waals surface area contributed by atoms with Gasteiger partial charge in [0, 0.05) is 6.42 Å². The SMILES string of the molecule is CCCCCCC/C=C(\CC(C)=O)C(C(=O)OCC)C(=O)OCC. The first-order valence-electron chi connectivity index (χ1n) is 8.99. The van der Waals surface area contributed by atoms with E-state index in [1.165, 1.54) is 26.2 Å². The highest BCUT2D eigenvalue weighted by Crippen LogP contribution is 2.21. The molecule has 0 amide bonds. The predicted octanol–water partition coefficient (Wildman–Crippen LogP) is 3.99. The zero-order valence-electron chi connectivity index (χ0n) is 15.6. The Morgan fingerprint density at radius 1 is 0.875 bits per heavy atom. The van der Waals surface area contributed by atoms with Gasteiger partial charge in [0.15, 0.2) is 5.92 Å². The molecule has 5 heteroatoms. The largest absolute Gasteiger partial charge is 0.465 e. The number of ketones is 1. The number of carbonyl (C=O) groups is 3. The van der Waals surface area contributed by atoms with E-state index in [2.05, 4.69) is 6.92 Å². The molecule has 0 saturated carbocycles. The van der Waals surface area contributed by atoms with Gasteiger partial charge < -0.3 is 9.47 Å². The van der Waals surface area contributed by atoms with E-state index in [-0.39, 0.29) is 25.4 Å². The number of unbranched alkanes of at least 4 members (excludes halogenated alkanes) is 5. The summed E-state index contributed by atoms with van der Waals surface area (Å²) in [6.07, 6.45) is 8.27. The van der Waals surface area contributed by atoms with Crippen LogP contribution in [0, 0.1) is 5.92 Å². The highest BCUT2D eigenvalue weighted by atomic mass is 16.6. The summed E-state index contributed by atoms with van der Waals surface area (Å²) in [5.41, 5.74) is 0.495. The highest BCUT2D eigenvalue weighted by molar-refractivity contribution is 5.99. The minimum Gasteiger partial charge on any atom is -0.465 e. The van der Waals surface area contributed by atoms with Gasteiger partial charge in [-0.15, -0.1) is 0 Å². The topological polar surface area (TPSA) is 69.7 Å². The number of Topliss-reactive ketones (excluding diaryl/α,β-unsaturated/α-hetero) is 1. The summed E-state index contributed by atoms with van der Waals surface area (Å²) in [6, 6.07) is 0. The molecule has 0 spiro atoms. The lowest BCUT2D eigenvalue weighted by atomic mass is 9.93. The molecule has 138 valence electrons. The van der Waals surface area contributed by atoms with Crippen LogP contribution in [0.15, 0.2) is 11.6 Å². The van der Waals surface area contributed by atoms with Crippen molar-refractivity contribution in [3.8, 4) is 0 Å². The maximum Gasteiger partial charge on any atom is 0.324 e. The van der Waals surface area contributed by atoms with Crippen LogP contribution >= 0.6 is 0 Å². The van der Waals surface area contributed by atoms with E-state index in [1.807, 2.05) is 6.08 Å². The van der Waals surface area contributed by atoms with Crippen molar-refractivity contribution >= 4 is 17.7 Å². The van der Waals surface area contributed by atoms with Crippen molar-refractivity contribution in [1.82, 2.24) is 0 Å². The molecule has 0 fully saturated rings. The number of esters is 2. The van der Waals surface area contributed by atoms with E-state index < -0.39 is 17.9 Å². The number of allylic oxidation sites excluding steroid dienone is 1. The second-order valence-electron chi connectivity index (χ2n) is 5.80. The third-order valence-corrected chi connectivity index (χ3v) is 3.58. The normalized spacial score (nSPS) is 11.5. The van der Waals surface area contributed by atoms with E-state index in [9.17, 15) is 14.4 Å². The minimum absolute atomic E-state index is 0.0667. The molecular formula is C19H32O5. The summed E-state index contributed by atoms with van der Waals surface area (Å²) in [5, 5.41) is 0. The van der Waals surface area contributed by atoms with Gasteiger partial charge in [-0.3, -0.25) is 14.4 Å². The van der Waals surface area contributed by atoms with Crippen molar-refractivity contribution < 1.29 is 23.9 Å². The lowest BCUT2D eigenvalue weighted by Gasteiger charge is -2.17. The van der Waals surface area contributed by atoms with Gasteiger partial charge >= 0.3 is 11.9 Å². The van der Waals surface area contributed by atoms with Gasteiger partial charge in [-0.25, -0.2) is 0 Å². The van der Waals surface area contributed by atoms with Crippen LogP contribution in [0.1, 0.15) is 72.6 Å². The van der Waals surface area contributed by atoms with E-state index in [0.717, 1.165) is 19.3 Å². The van der Waals surface area contributed by atoms with Gasteiger partial charge in [0.25, 0.3) is 0 Å². The summed E-state index contributed by atoms with van der Waals surface area (Å²) in [5.74, 6) is -2.51. The van der Waals surface area contributed by atoms with Crippen molar-refractivity contribution in [2.24, 2.45) is 5.92 Å². The molecule has 24 heavy (non-hydrogen) atoms. The monoisotopic (exact) mass is 340 g/mol. The van der Waals surface area contributed by atoms with Crippen LogP contribution in [0.2, 0.25) is 0 Å². The molecule has 0 N–H and O–H groups in total. The summed E-state index contributed by atoms with van der Waals surface area (Å²) in [7, 11) is 0. The Morgan fingerprint density at radius 2 is 1.42 bits per heavy atom. The second kappa shape index (κ2) is 13.8. The zero-order valence-corrected chi connectivity index (χ0v) is 15.6. The van der Waals surface area contributed by atoms with Crippen molar-refractivity contribution in [2.75, 3.05) is 13.2 Å². The minimum atomic E-state index is -1.13. The van der Waals surface area contributed by atoms with Gasteiger partial charge in [-0.2, -0.15) is 0 Å². The van der Waals surface area contributed by atoms with Gasteiger partial charge in [-0.1, -0.05) is 38.7 Å². The molecule has 0 atom stereocenters. The van der Waals surface area contributed by atoms with Crippen molar-refractivity contribution in [1.29, 1.82) is 0 Å². The van der Waals surface area contributed by atoms with E-state index in [0.29, 0.717) is 5.57 Å². The molecule has 0 aliphatic heterocycles. The number of hydrogen-bond acceptors (Lipinski definition) is 5. The van der Waals surface area contributed by atoms with Crippen LogP contribution in [0.4, 0.5) is 0 Å². The molecule has 0 aromatic rings. The van der Waals surface area contributed by atoms with Crippen LogP contribution < -0.4 is 0 Å². The third kappa shape index (κ3) is 9.48. The molecule has 0 aromatic heterocycles. The molecule has 0 bridgehead atoms. The molecule has 0 aromatic carbocycles. The average Bonchev–Trinajstić information content (AvgIpc) is 2.50. The van der Waals surface area contributed by atoms with Gasteiger partial charge in [0.05, 0.1) is 13.2 Å². The third-order valence-electron chi connectivity index (χ3n) is 3.58. The van der Waals surface area contributed by atoms with Crippen LogP contribution in [0.25, 0.3) is 0 Å². The smallest absolute Gasteiger partial charge is 0.324 e. The Morgan fingerprint density at radius 3 is 1.88 bits per heavy atom. The standard InChI is InChI=1S/C19H32O5/c1-5-8-9-10-11-12-13-16(14-15(4)20)17(18(21)23-6-2)19(22)24-7-3/h13,17H,5-12,14H2,1-4H3/b16-13+. The van der Waals surface area contributed by atoms with Crippen LogP contribution in [0.3, 0.4) is 0 Å². The molecule has 0 aliphatic rings. The number of carbonyl (C=O) groups excluding carboxylic acids is 3. The molecule has 0 heterocycles. The molecule has 5 nitrogen and oxygen atoms in total. The summed E-state index contributed by atoms with van der Waals surface area (Å²) < 4.78 is 10.0. The summed E-state index contributed by atoms with van der Waals surface area (Å²) >= 11 is 0. The fourth-order valence-corrected chi connectivity index (χ4v) is 2.47. The fourth-order valence-electron chi connectivity index (χ4n) is 2.47. The van der Waals surface area contributed by atoms with E-state index in [4.69, 9.17) is 9.47 Å². The average molecular weight is 340 g/mol. The Bertz CT molecular complexity index is 407. The Labute approximate surface area is 145 Å². The lowest BCUT2D eigenvalue weighted by Crippen LogP contribution is -2.30. The quantitative estimate of drug-likeness (QED) is 0.219. The Kier molecular flexibility index (Phi) is 12.8. The highest BCUT2D eigenvalue weighted by Gasteiger charge is 2.33. The number of ether oxygens (including phenoxy) is 2. The van der Waals surface area contributed by atoms with Gasteiger partial charge in [0.2, 0.25) is 0 Å². The molecule has 0 unspecified atom stereocenters. The Hall–Kier alpha value is -1.65. The van der Waals surface area contributed by atoms with Crippen molar-refractivity contribution in [3.05, 3.63) is 11.6 Å². The molecular weight excluding hydrogens is 308 g/mol. The predicted molar refractivity (Wildman–Crippen MR) is 93.5 cm³/mol. The van der Waals surface area contributed by atoms with Gasteiger partial charge in [0.1, 0.15) is 5.78 Å². The first kappa shape index (κ1) is 22.4. The van der Waals surface area contributed by atoms with Crippen molar-refractivity contribution in [3.63, 3.8) is 0 Å². The molecule has 0 rings (SSSR count). The van der Waals surface area contributed by atoms with Gasteiger partial charge in [-0.05, 0) is 39.2 Å². The fraction of sp³-hybridized carbons (Fsp3) is 0.737. The number of hydrogen-bond donors (Lipinski definition) is 0. The summed E-state index contributed by atoms with van der Waals surface area (Å²) in [6.45, 7) is 7.33. The second-order valence-corrected chi connectivity index (χ2v) is 5.80. The Balaban J connectivity index is 5.09. The number of rotatable bonds is 13. The molecule has 0 radical (unpaired) electrons. The van der Waals surface area contributed by atoms with Crippen LogP contribution in [0.5, 0.6) is 0 Å². The van der Waals surface area contributed by atoms with E-state index in [1.54, 1.807) is 13.8 Å². The first-order valence-corrected chi connectivity index (χ1v) is 8.99. The summed E-state index contributed by atoms with van der Waals surface area (Å²) in [4.78, 5) is 35.9. The maximum atomic E-state index is 12.2. The van der Waals surface area contributed by atoms with E-state index >= 15 is 0 Å². The molecule has 0 aliphatic carbocycles. The maximum absolute atomic E-state index is 12.2. The van der Waals surface area contributed by atoms with Crippen LogP contribution in [-0.2, 0) is 23.9 Å². The van der Waals surface area contributed by atoms with Crippen molar-refractivity contribution in [2.45, 2.75) is 72.6 Å². The lowest BCUT2D eigenvalue weighted by molar-refractivity contribution is -0.159. The first-order chi connectivity index (χ1) is 11.5. The van der Waals surface area contributed by atoms with Crippen LogP contribution in [-0.4, -0.2) is 30.9 Å². The molecule has 0 saturated heterocycles.